The molecule has 2 aliphatic rings. The predicted molar refractivity (Wildman–Crippen MR) is 112 cm³/mol. The average molecular weight is 415 g/mol. The van der Waals surface area contributed by atoms with Gasteiger partial charge in [0.05, 0.1) is 5.92 Å². The van der Waals surface area contributed by atoms with Crippen molar-refractivity contribution in [2.45, 2.75) is 46.0 Å². The quantitative estimate of drug-likeness (QED) is 0.692. The molecule has 2 saturated carbocycles. The van der Waals surface area contributed by atoms with Crippen molar-refractivity contribution >= 4 is 29.3 Å². The van der Waals surface area contributed by atoms with Crippen molar-refractivity contribution in [3.63, 3.8) is 0 Å². The maximum absolute atomic E-state index is 12.5. The zero-order chi connectivity index (χ0) is 21.7. The van der Waals surface area contributed by atoms with E-state index in [-0.39, 0.29) is 30.3 Å². The molecule has 0 aliphatic heterocycles. The molecule has 7 heteroatoms. The molecule has 1 unspecified atom stereocenters. The summed E-state index contributed by atoms with van der Waals surface area (Å²) in [6.07, 6.45) is 3.81. The van der Waals surface area contributed by atoms with Crippen LogP contribution >= 0.6 is 0 Å². The minimum Gasteiger partial charge on any atom is -0.455 e. The van der Waals surface area contributed by atoms with Gasteiger partial charge >= 0.3 is 5.97 Å². The number of rotatable bonds is 7. The molecule has 3 rings (SSSR count). The molecule has 1 aromatic carbocycles. The van der Waals surface area contributed by atoms with Crippen LogP contribution in [0.15, 0.2) is 24.3 Å². The van der Waals surface area contributed by atoms with Crippen LogP contribution in [0.1, 0.15) is 56.3 Å². The van der Waals surface area contributed by atoms with E-state index in [1.807, 2.05) is 13.8 Å². The fourth-order valence-corrected chi connectivity index (χ4v) is 4.55. The van der Waals surface area contributed by atoms with E-state index in [4.69, 9.17) is 4.74 Å². The zero-order valence-corrected chi connectivity index (χ0v) is 17.7. The minimum absolute atomic E-state index is 0.0324. The number of Topliss-reactive ketones (excluding diaryl/α,β-unsaturated/α-hetero) is 1. The molecule has 0 spiro atoms. The summed E-state index contributed by atoms with van der Waals surface area (Å²) in [5, 5.41) is 2.68. The van der Waals surface area contributed by atoms with Gasteiger partial charge in [0.2, 0.25) is 0 Å². The molecule has 0 saturated heterocycles. The largest absolute Gasteiger partial charge is 0.455 e. The first-order valence-electron chi connectivity index (χ1n) is 10.8. The van der Waals surface area contributed by atoms with Gasteiger partial charge in [-0.1, -0.05) is 12.5 Å². The van der Waals surface area contributed by atoms with Gasteiger partial charge in [-0.15, -0.1) is 0 Å². The zero-order valence-electron chi connectivity index (χ0n) is 17.7. The minimum atomic E-state index is -0.456. The predicted octanol–water partition coefficient (Wildman–Crippen LogP) is 3.05. The van der Waals surface area contributed by atoms with Gasteiger partial charge in [0.25, 0.3) is 11.8 Å². The number of ether oxygens (including phenoxy) is 1. The number of ketones is 1. The Morgan fingerprint density at radius 3 is 2.40 bits per heavy atom. The summed E-state index contributed by atoms with van der Waals surface area (Å²) < 4.78 is 5.23. The number of carbonyl (C=O) groups is 4. The molecule has 2 bridgehead atoms. The number of benzene rings is 1. The normalized spacial score (nSPS) is 22.9. The van der Waals surface area contributed by atoms with Gasteiger partial charge in [0.1, 0.15) is 5.78 Å². The molecular weight excluding hydrogens is 384 g/mol. The molecule has 2 amide bonds. The monoisotopic (exact) mass is 414 g/mol. The molecule has 1 N–H and O–H groups in total. The first kappa shape index (κ1) is 22.0. The number of anilines is 1. The van der Waals surface area contributed by atoms with E-state index in [1.54, 1.807) is 29.2 Å². The van der Waals surface area contributed by atoms with Gasteiger partial charge in [-0.3, -0.25) is 19.2 Å². The van der Waals surface area contributed by atoms with Gasteiger partial charge in [-0.2, -0.15) is 0 Å². The van der Waals surface area contributed by atoms with Crippen LogP contribution in [-0.4, -0.2) is 48.2 Å². The number of nitrogens with one attached hydrogen (secondary N) is 1. The van der Waals surface area contributed by atoms with E-state index in [1.165, 1.54) is 0 Å². The van der Waals surface area contributed by atoms with E-state index < -0.39 is 11.9 Å². The van der Waals surface area contributed by atoms with Gasteiger partial charge in [-0.25, -0.2) is 0 Å². The average Bonchev–Trinajstić information content (AvgIpc) is 2.73. The summed E-state index contributed by atoms with van der Waals surface area (Å²) in [5.74, 6) is -1.03. The fourth-order valence-electron chi connectivity index (χ4n) is 4.55. The van der Waals surface area contributed by atoms with Crippen LogP contribution in [0.2, 0.25) is 0 Å². The highest BCUT2D eigenvalue weighted by atomic mass is 16.5. The summed E-state index contributed by atoms with van der Waals surface area (Å²) in [6.45, 7) is 4.66. The topological polar surface area (TPSA) is 92.8 Å². The molecule has 0 radical (unpaired) electrons. The highest BCUT2D eigenvalue weighted by molar-refractivity contribution is 5.98. The van der Waals surface area contributed by atoms with Crippen LogP contribution in [0.25, 0.3) is 0 Å². The van der Waals surface area contributed by atoms with Crippen molar-refractivity contribution in [1.29, 1.82) is 0 Å². The smallest absolute Gasteiger partial charge is 0.309 e. The molecule has 2 fully saturated rings. The Bertz CT molecular complexity index is 802. The first-order chi connectivity index (χ1) is 14.4. The van der Waals surface area contributed by atoms with Gasteiger partial charge in [0, 0.05) is 36.2 Å². The van der Waals surface area contributed by atoms with Crippen LogP contribution in [0.5, 0.6) is 0 Å². The van der Waals surface area contributed by atoms with E-state index in [2.05, 4.69) is 5.32 Å². The van der Waals surface area contributed by atoms with Crippen LogP contribution in [0.3, 0.4) is 0 Å². The molecule has 162 valence electrons. The van der Waals surface area contributed by atoms with Crippen molar-refractivity contribution in [2.24, 2.45) is 17.8 Å². The second-order valence-electron chi connectivity index (χ2n) is 8.11. The number of hydrogen-bond acceptors (Lipinski definition) is 5. The molecular formula is C23H30N2O5. The number of esters is 1. The van der Waals surface area contributed by atoms with E-state index in [0.29, 0.717) is 43.0 Å². The summed E-state index contributed by atoms with van der Waals surface area (Å²) in [5.41, 5.74) is 0.971. The Morgan fingerprint density at radius 1 is 1.10 bits per heavy atom. The molecule has 1 aromatic rings. The van der Waals surface area contributed by atoms with E-state index in [0.717, 1.165) is 19.3 Å². The molecule has 2 aliphatic carbocycles. The highest BCUT2D eigenvalue weighted by Gasteiger charge is 2.41. The summed E-state index contributed by atoms with van der Waals surface area (Å²) in [6, 6.07) is 6.72. The van der Waals surface area contributed by atoms with Crippen molar-refractivity contribution in [3.05, 3.63) is 29.8 Å². The van der Waals surface area contributed by atoms with Crippen molar-refractivity contribution in [2.75, 3.05) is 25.0 Å². The fraction of sp³-hybridized carbons (Fsp3) is 0.565. The van der Waals surface area contributed by atoms with Gasteiger partial charge in [0.15, 0.2) is 6.61 Å². The highest BCUT2D eigenvalue weighted by Crippen LogP contribution is 2.40. The SMILES string of the molecule is CCN(CC)C(=O)c1cccc(NC(=O)COC(=O)C2C[C@H]3CCC[C@@H](C2)C3=O)c1. The third-order valence-corrected chi connectivity index (χ3v) is 6.17. The van der Waals surface area contributed by atoms with Crippen LogP contribution in [-0.2, 0) is 19.1 Å². The van der Waals surface area contributed by atoms with Gasteiger partial charge < -0.3 is 15.0 Å². The lowest BCUT2D eigenvalue weighted by Gasteiger charge is -2.36. The number of amides is 2. The van der Waals surface area contributed by atoms with Gasteiger partial charge in [-0.05, 0) is 57.7 Å². The number of carbonyl (C=O) groups excluding carboxylic acids is 4. The third-order valence-electron chi connectivity index (χ3n) is 6.17. The maximum atomic E-state index is 12.5. The standard InChI is InChI=1S/C23H30N2O5/c1-3-25(4-2)22(28)17-9-6-10-19(13-17)24-20(26)14-30-23(29)18-11-15-7-5-8-16(12-18)21(15)27/h6,9-10,13,15-16,18H,3-5,7-8,11-12,14H2,1-2H3,(H,24,26)/t15-,16+,18?. The van der Waals surface area contributed by atoms with Crippen LogP contribution in [0, 0.1) is 17.8 Å². The summed E-state index contributed by atoms with van der Waals surface area (Å²) in [7, 11) is 0. The van der Waals surface area contributed by atoms with Crippen LogP contribution in [0.4, 0.5) is 5.69 Å². The molecule has 30 heavy (non-hydrogen) atoms. The summed E-state index contributed by atoms with van der Waals surface area (Å²) in [4.78, 5) is 51.0. The number of hydrogen-bond donors (Lipinski definition) is 1. The second kappa shape index (κ2) is 9.87. The molecule has 7 nitrogen and oxygen atoms in total. The number of fused-ring (bicyclic) bond motifs is 2. The molecule has 0 heterocycles. The third kappa shape index (κ3) is 5.07. The Hall–Kier alpha value is -2.70. The Morgan fingerprint density at radius 2 is 1.77 bits per heavy atom. The van der Waals surface area contributed by atoms with E-state index in [9.17, 15) is 19.2 Å². The van der Waals surface area contributed by atoms with Crippen molar-refractivity contribution in [3.8, 4) is 0 Å². The lowest BCUT2D eigenvalue weighted by Crippen LogP contribution is -2.40. The molecule has 0 aromatic heterocycles. The first-order valence-corrected chi connectivity index (χ1v) is 10.8. The molecule has 3 atom stereocenters. The summed E-state index contributed by atoms with van der Waals surface area (Å²) >= 11 is 0. The Kier molecular flexibility index (Phi) is 7.24. The van der Waals surface area contributed by atoms with Crippen molar-refractivity contribution in [1.82, 2.24) is 4.90 Å². The lowest BCUT2D eigenvalue weighted by atomic mass is 9.67. The van der Waals surface area contributed by atoms with E-state index >= 15 is 0 Å². The maximum Gasteiger partial charge on any atom is 0.309 e. The van der Waals surface area contributed by atoms with Crippen molar-refractivity contribution < 1.29 is 23.9 Å². The Labute approximate surface area is 177 Å². The second-order valence-corrected chi connectivity index (χ2v) is 8.11. The number of nitrogens with zero attached hydrogens (tertiary/aromatic N) is 1. The lowest BCUT2D eigenvalue weighted by molar-refractivity contribution is -0.155. The Balaban J connectivity index is 1.51. The van der Waals surface area contributed by atoms with Crippen LogP contribution < -0.4 is 5.32 Å².